The van der Waals surface area contributed by atoms with Crippen LogP contribution in [-0.2, 0) is 31.9 Å². The molecular weight excluding hydrogens is 422 g/mol. The molecule has 1 aliphatic rings. The monoisotopic (exact) mass is 441 g/mol. The SMILES string of the molecule is Cn1cc(S(=O)(=O)Nc2cccc(S(=O)(=O)N3CCNC(=O)C3)c2)cc1C(N)=O. The molecule has 0 aliphatic carbocycles. The van der Waals surface area contributed by atoms with Gasteiger partial charge in [0.05, 0.1) is 17.1 Å². The highest BCUT2D eigenvalue weighted by Crippen LogP contribution is 2.23. The molecule has 13 heteroatoms. The first kappa shape index (κ1) is 20.8. The van der Waals surface area contributed by atoms with Crippen LogP contribution in [0.1, 0.15) is 10.5 Å². The number of primary amides is 1. The summed E-state index contributed by atoms with van der Waals surface area (Å²) in [6, 6.07) is 6.37. The van der Waals surface area contributed by atoms with Crippen molar-refractivity contribution in [1.29, 1.82) is 0 Å². The predicted octanol–water partition coefficient (Wildman–Crippen LogP) is -0.955. The van der Waals surface area contributed by atoms with Gasteiger partial charge in [0.2, 0.25) is 15.9 Å². The number of sulfonamides is 2. The molecule has 0 spiro atoms. The lowest BCUT2D eigenvalue weighted by Crippen LogP contribution is -2.49. The zero-order chi connectivity index (χ0) is 21.4. The molecule has 2 aromatic rings. The lowest BCUT2D eigenvalue weighted by molar-refractivity contribution is -0.122. The normalized spacial score (nSPS) is 15.7. The molecule has 1 saturated heterocycles. The number of carbonyl (C=O) groups is 2. The molecule has 3 rings (SSSR count). The van der Waals surface area contributed by atoms with Crippen LogP contribution >= 0.6 is 0 Å². The molecule has 1 aliphatic heterocycles. The molecular formula is C16H19N5O6S2. The number of piperazine rings is 1. The van der Waals surface area contributed by atoms with Crippen molar-refractivity contribution in [2.24, 2.45) is 12.8 Å². The maximum Gasteiger partial charge on any atom is 0.265 e. The van der Waals surface area contributed by atoms with Crippen molar-refractivity contribution in [3.63, 3.8) is 0 Å². The topological polar surface area (TPSA) is 161 Å². The van der Waals surface area contributed by atoms with Crippen molar-refractivity contribution in [3.8, 4) is 0 Å². The summed E-state index contributed by atoms with van der Waals surface area (Å²) in [5.41, 5.74) is 5.21. The van der Waals surface area contributed by atoms with Gasteiger partial charge < -0.3 is 15.6 Å². The molecule has 0 unspecified atom stereocenters. The molecule has 2 amide bonds. The van der Waals surface area contributed by atoms with E-state index in [1.54, 1.807) is 0 Å². The standard InChI is InChI=1S/C16H19N5O6S2/c1-20-9-13(8-14(20)16(17)23)28(24,25)19-11-3-2-4-12(7-11)29(26,27)21-6-5-18-15(22)10-21/h2-4,7-9,19H,5-6,10H2,1H3,(H2,17,23)(H,18,22). The van der Waals surface area contributed by atoms with E-state index in [9.17, 15) is 26.4 Å². The highest BCUT2D eigenvalue weighted by atomic mass is 32.2. The summed E-state index contributed by atoms with van der Waals surface area (Å²) in [6.45, 7) is 0.00270. The van der Waals surface area contributed by atoms with Crippen LogP contribution in [0.5, 0.6) is 0 Å². The lowest BCUT2D eigenvalue weighted by atomic mass is 10.3. The second kappa shape index (κ2) is 7.50. The van der Waals surface area contributed by atoms with Gasteiger partial charge in [-0.25, -0.2) is 16.8 Å². The largest absolute Gasteiger partial charge is 0.364 e. The number of amides is 2. The Bertz CT molecular complexity index is 1190. The van der Waals surface area contributed by atoms with Gasteiger partial charge in [0.1, 0.15) is 10.6 Å². The zero-order valence-corrected chi connectivity index (χ0v) is 17.0. The zero-order valence-electron chi connectivity index (χ0n) is 15.3. The molecule has 1 aromatic heterocycles. The Morgan fingerprint density at radius 1 is 1.17 bits per heavy atom. The fourth-order valence-corrected chi connectivity index (χ4v) is 5.39. The van der Waals surface area contributed by atoms with E-state index in [-0.39, 0.29) is 40.8 Å². The Labute approximate surface area is 167 Å². The van der Waals surface area contributed by atoms with Crippen molar-refractivity contribution in [2.45, 2.75) is 9.79 Å². The maximum absolute atomic E-state index is 12.8. The molecule has 29 heavy (non-hydrogen) atoms. The summed E-state index contributed by atoms with van der Waals surface area (Å²) in [6.07, 6.45) is 1.22. The number of anilines is 1. The van der Waals surface area contributed by atoms with Crippen LogP contribution in [0.3, 0.4) is 0 Å². The lowest BCUT2D eigenvalue weighted by Gasteiger charge is -2.26. The van der Waals surface area contributed by atoms with Gasteiger partial charge in [-0.1, -0.05) is 6.07 Å². The molecule has 4 N–H and O–H groups in total. The average molecular weight is 441 g/mol. The van der Waals surface area contributed by atoms with E-state index in [1.807, 2.05) is 0 Å². The van der Waals surface area contributed by atoms with Crippen molar-refractivity contribution < 1.29 is 26.4 Å². The van der Waals surface area contributed by atoms with Gasteiger partial charge in [0.25, 0.3) is 15.9 Å². The first-order valence-electron chi connectivity index (χ1n) is 8.36. The maximum atomic E-state index is 12.8. The number of nitrogens with zero attached hydrogens (tertiary/aromatic N) is 2. The second-order valence-electron chi connectivity index (χ2n) is 6.36. The summed E-state index contributed by atoms with van der Waals surface area (Å²) >= 11 is 0. The van der Waals surface area contributed by atoms with E-state index in [0.29, 0.717) is 0 Å². The number of hydrogen-bond donors (Lipinski definition) is 3. The van der Waals surface area contributed by atoms with E-state index in [2.05, 4.69) is 10.0 Å². The van der Waals surface area contributed by atoms with E-state index in [1.165, 1.54) is 36.0 Å². The molecule has 2 heterocycles. The molecule has 0 atom stereocenters. The number of hydrogen-bond acceptors (Lipinski definition) is 6. The van der Waals surface area contributed by atoms with E-state index in [0.717, 1.165) is 16.4 Å². The molecule has 0 bridgehead atoms. The van der Waals surface area contributed by atoms with Crippen LogP contribution in [0, 0.1) is 0 Å². The number of aromatic nitrogens is 1. The van der Waals surface area contributed by atoms with Gasteiger partial charge in [-0.15, -0.1) is 0 Å². The van der Waals surface area contributed by atoms with Crippen LogP contribution in [0.15, 0.2) is 46.3 Å². The van der Waals surface area contributed by atoms with Crippen molar-refractivity contribution in [3.05, 3.63) is 42.2 Å². The van der Waals surface area contributed by atoms with E-state index in [4.69, 9.17) is 5.73 Å². The molecule has 1 fully saturated rings. The third kappa shape index (κ3) is 4.26. The van der Waals surface area contributed by atoms with E-state index < -0.39 is 31.9 Å². The number of aryl methyl sites for hydroxylation is 1. The van der Waals surface area contributed by atoms with Crippen LogP contribution in [0.25, 0.3) is 0 Å². The Kier molecular flexibility index (Phi) is 5.38. The highest BCUT2D eigenvalue weighted by molar-refractivity contribution is 7.92. The third-order valence-corrected chi connectivity index (χ3v) is 7.46. The van der Waals surface area contributed by atoms with Gasteiger partial charge in [-0.05, 0) is 24.3 Å². The van der Waals surface area contributed by atoms with Crippen molar-refractivity contribution in [1.82, 2.24) is 14.2 Å². The van der Waals surface area contributed by atoms with Crippen molar-refractivity contribution >= 4 is 37.5 Å². The second-order valence-corrected chi connectivity index (χ2v) is 9.98. The van der Waals surface area contributed by atoms with Gasteiger partial charge in [0, 0.05) is 26.3 Å². The summed E-state index contributed by atoms with van der Waals surface area (Å²) < 4.78 is 55.3. The van der Waals surface area contributed by atoms with Crippen molar-refractivity contribution in [2.75, 3.05) is 24.4 Å². The fourth-order valence-electron chi connectivity index (χ4n) is 2.83. The van der Waals surface area contributed by atoms with Gasteiger partial charge >= 0.3 is 0 Å². The number of rotatable bonds is 6. The Morgan fingerprint density at radius 3 is 2.52 bits per heavy atom. The molecule has 156 valence electrons. The highest BCUT2D eigenvalue weighted by Gasteiger charge is 2.29. The Hall–Kier alpha value is -2.90. The van der Waals surface area contributed by atoms with Crippen LogP contribution in [-0.4, -0.2) is 57.2 Å². The Morgan fingerprint density at radius 2 is 1.90 bits per heavy atom. The predicted molar refractivity (Wildman–Crippen MR) is 103 cm³/mol. The molecule has 0 saturated carbocycles. The first-order chi connectivity index (χ1) is 13.5. The summed E-state index contributed by atoms with van der Waals surface area (Å²) in [5, 5.41) is 2.54. The number of benzene rings is 1. The van der Waals surface area contributed by atoms with Gasteiger partial charge in [-0.2, -0.15) is 4.31 Å². The van der Waals surface area contributed by atoms with Gasteiger partial charge in [-0.3, -0.25) is 14.3 Å². The van der Waals surface area contributed by atoms with Crippen LogP contribution in [0.4, 0.5) is 5.69 Å². The average Bonchev–Trinajstić information content (AvgIpc) is 3.04. The van der Waals surface area contributed by atoms with Gasteiger partial charge in [0.15, 0.2) is 0 Å². The minimum atomic E-state index is -4.10. The number of carbonyl (C=O) groups excluding carboxylic acids is 2. The number of nitrogens with one attached hydrogen (secondary N) is 2. The quantitative estimate of drug-likeness (QED) is 0.523. The third-order valence-electron chi connectivity index (χ3n) is 4.27. The number of nitrogens with two attached hydrogens (primary N) is 1. The van der Waals surface area contributed by atoms with Crippen LogP contribution in [0.2, 0.25) is 0 Å². The summed E-state index contributed by atoms with van der Waals surface area (Å²) in [7, 11) is -6.60. The van der Waals surface area contributed by atoms with E-state index >= 15 is 0 Å². The fraction of sp³-hybridized carbons (Fsp3) is 0.250. The first-order valence-corrected chi connectivity index (χ1v) is 11.3. The van der Waals surface area contributed by atoms with Crippen LogP contribution < -0.4 is 15.8 Å². The minimum Gasteiger partial charge on any atom is -0.364 e. The minimum absolute atomic E-state index is 0.00470. The Balaban J connectivity index is 1.89. The molecule has 0 radical (unpaired) electrons. The summed E-state index contributed by atoms with van der Waals surface area (Å²) in [4.78, 5) is 22.5. The summed E-state index contributed by atoms with van der Waals surface area (Å²) in [5.74, 6) is -1.20. The smallest absolute Gasteiger partial charge is 0.265 e. The molecule has 11 nitrogen and oxygen atoms in total. The molecule has 1 aromatic carbocycles.